The molecule has 2 rings (SSSR count). The Bertz CT molecular complexity index is 860. The van der Waals surface area contributed by atoms with Gasteiger partial charge in [-0.1, -0.05) is 0 Å². The van der Waals surface area contributed by atoms with E-state index in [9.17, 15) is 22.8 Å². The highest BCUT2D eigenvalue weighted by molar-refractivity contribution is 9.10. The van der Waals surface area contributed by atoms with Crippen molar-refractivity contribution in [2.75, 3.05) is 12.4 Å². The van der Waals surface area contributed by atoms with E-state index >= 15 is 0 Å². The largest absolute Gasteiger partial charge is 0.464 e. The third-order valence-corrected chi connectivity index (χ3v) is 4.64. The monoisotopic (exact) mass is 451 g/mol. The van der Waals surface area contributed by atoms with Gasteiger partial charge in [-0.3, -0.25) is 14.2 Å². The predicted molar refractivity (Wildman–Crippen MR) is 92.2 cm³/mol. The minimum atomic E-state index is -4.60. The molecule has 0 aliphatic heterocycles. The van der Waals surface area contributed by atoms with Crippen molar-refractivity contribution in [1.29, 1.82) is 0 Å². The Labute approximate surface area is 160 Å². The van der Waals surface area contributed by atoms with Crippen molar-refractivity contribution >= 4 is 33.5 Å². The SMILES string of the molecule is CCn1cc(NC(=O)CCn2nc(C(F)(F)F)c(Br)c2C)c(C(=O)OC)n1. The van der Waals surface area contributed by atoms with Crippen LogP contribution >= 0.6 is 15.9 Å². The van der Waals surface area contributed by atoms with E-state index < -0.39 is 23.7 Å². The number of ether oxygens (including phenoxy) is 1. The molecule has 0 saturated heterocycles. The molecule has 0 unspecified atom stereocenters. The van der Waals surface area contributed by atoms with Gasteiger partial charge in [0.1, 0.15) is 0 Å². The molecule has 1 N–H and O–H groups in total. The summed E-state index contributed by atoms with van der Waals surface area (Å²) >= 11 is 2.88. The highest BCUT2D eigenvalue weighted by Crippen LogP contribution is 2.35. The zero-order chi connectivity index (χ0) is 20.4. The fraction of sp³-hybridized carbons (Fsp3) is 0.467. The fourth-order valence-electron chi connectivity index (χ4n) is 2.27. The van der Waals surface area contributed by atoms with Crippen LogP contribution in [0.2, 0.25) is 0 Å². The smallest absolute Gasteiger partial charge is 0.436 e. The molecule has 0 radical (unpaired) electrons. The summed E-state index contributed by atoms with van der Waals surface area (Å²) in [6.07, 6.45) is -3.27. The van der Waals surface area contributed by atoms with Gasteiger partial charge in [-0.15, -0.1) is 0 Å². The van der Waals surface area contributed by atoms with Crippen molar-refractivity contribution in [3.8, 4) is 0 Å². The lowest BCUT2D eigenvalue weighted by molar-refractivity contribution is -0.142. The Morgan fingerprint density at radius 3 is 2.52 bits per heavy atom. The van der Waals surface area contributed by atoms with Crippen molar-refractivity contribution in [1.82, 2.24) is 19.6 Å². The van der Waals surface area contributed by atoms with Crippen LogP contribution in [0, 0.1) is 6.92 Å². The van der Waals surface area contributed by atoms with Crippen molar-refractivity contribution in [3.63, 3.8) is 0 Å². The Balaban J connectivity index is 2.10. The highest BCUT2D eigenvalue weighted by atomic mass is 79.9. The quantitative estimate of drug-likeness (QED) is 0.681. The maximum atomic E-state index is 12.9. The number of nitrogens with zero attached hydrogens (tertiary/aromatic N) is 4. The van der Waals surface area contributed by atoms with Crippen LogP contribution in [-0.2, 0) is 28.8 Å². The van der Waals surface area contributed by atoms with Crippen LogP contribution in [0.3, 0.4) is 0 Å². The van der Waals surface area contributed by atoms with Crippen LogP contribution < -0.4 is 5.32 Å². The predicted octanol–water partition coefficient (Wildman–Crippen LogP) is 3.00. The molecule has 2 heterocycles. The minimum Gasteiger partial charge on any atom is -0.464 e. The maximum absolute atomic E-state index is 12.9. The zero-order valence-corrected chi connectivity index (χ0v) is 16.3. The number of rotatable bonds is 6. The number of carbonyl (C=O) groups excluding carboxylic acids is 2. The molecular formula is C15H17BrF3N5O3. The summed E-state index contributed by atoms with van der Waals surface area (Å²) < 4.78 is 45.6. The molecule has 0 fully saturated rings. The molecule has 0 bridgehead atoms. The Kier molecular flexibility index (Phi) is 6.29. The number of nitrogens with one attached hydrogen (secondary N) is 1. The van der Waals surface area contributed by atoms with Crippen molar-refractivity contribution in [3.05, 3.63) is 27.8 Å². The molecule has 0 saturated carbocycles. The van der Waals surface area contributed by atoms with E-state index in [4.69, 9.17) is 0 Å². The van der Waals surface area contributed by atoms with Gasteiger partial charge in [-0.25, -0.2) is 4.79 Å². The lowest BCUT2D eigenvalue weighted by Crippen LogP contribution is -2.17. The van der Waals surface area contributed by atoms with Crippen LogP contribution in [0.4, 0.5) is 18.9 Å². The molecule has 0 aliphatic rings. The van der Waals surface area contributed by atoms with Crippen molar-refractivity contribution in [2.45, 2.75) is 39.5 Å². The zero-order valence-electron chi connectivity index (χ0n) is 14.7. The number of halogens is 4. The summed E-state index contributed by atoms with van der Waals surface area (Å²) in [4.78, 5) is 23.9. The number of methoxy groups -OCH3 is 1. The molecule has 12 heteroatoms. The van der Waals surface area contributed by atoms with Gasteiger partial charge in [-0.05, 0) is 29.8 Å². The van der Waals surface area contributed by atoms with Crippen LogP contribution in [0.15, 0.2) is 10.7 Å². The summed E-state index contributed by atoms with van der Waals surface area (Å²) in [5, 5.41) is 10.0. The number of hydrogen-bond donors (Lipinski definition) is 1. The lowest BCUT2D eigenvalue weighted by Gasteiger charge is -2.06. The van der Waals surface area contributed by atoms with Gasteiger partial charge in [0.05, 0.1) is 29.5 Å². The number of aryl methyl sites for hydroxylation is 2. The third kappa shape index (κ3) is 4.67. The van der Waals surface area contributed by atoms with E-state index in [0.29, 0.717) is 6.54 Å². The lowest BCUT2D eigenvalue weighted by atomic mass is 10.3. The number of aromatic nitrogens is 4. The van der Waals surface area contributed by atoms with E-state index in [2.05, 4.69) is 36.2 Å². The van der Waals surface area contributed by atoms with Crippen LogP contribution in [0.1, 0.15) is 35.2 Å². The second-order valence-corrected chi connectivity index (χ2v) is 6.30. The van der Waals surface area contributed by atoms with Gasteiger partial charge >= 0.3 is 12.1 Å². The molecule has 2 aromatic heterocycles. The van der Waals surface area contributed by atoms with E-state index in [1.165, 1.54) is 24.9 Å². The molecule has 8 nitrogen and oxygen atoms in total. The number of anilines is 1. The fourth-order valence-corrected chi connectivity index (χ4v) is 2.77. The normalized spacial score (nSPS) is 11.5. The molecule has 0 spiro atoms. The average molecular weight is 452 g/mol. The molecular weight excluding hydrogens is 435 g/mol. The number of carbonyl (C=O) groups is 2. The maximum Gasteiger partial charge on any atom is 0.436 e. The first-order valence-electron chi connectivity index (χ1n) is 7.84. The third-order valence-electron chi connectivity index (χ3n) is 3.69. The first-order valence-corrected chi connectivity index (χ1v) is 8.63. The molecule has 0 atom stereocenters. The summed E-state index contributed by atoms with van der Waals surface area (Å²) in [7, 11) is 1.19. The standard InChI is InChI=1S/C15H17BrF3N5O3/c1-4-23-7-9(12(21-23)14(26)27-3)20-10(25)5-6-24-8(2)11(16)13(22-24)15(17,18)19/h7H,4-6H2,1-3H3,(H,20,25). The molecule has 0 aliphatic carbocycles. The molecule has 0 aromatic carbocycles. The van der Waals surface area contributed by atoms with Crippen molar-refractivity contribution < 1.29 is 27.5 Å². The summed E-state index contributed by atoms with van der Waals surface area (Å²) in [6, 6.07) is 0. The summed E-state index contributed by atoms with van der Waals surface area (Å²) in [5.74, 6) is -1.21. The van der Waals surface area contributed by atoms with Crippen molar-refractivity contribution in [2.24, 2.45) is 0 Å². The number of alkyl halides is 3. The average Bonchev–Trinajstić information content (AvgIpc) is 3.14. The Hall–Kier alpha value is -2.37. The van der Waals surface area contributed by atoms with Gasteiger partial charge in [0.25, 0.3) is 0 Å². The Morgan fingerprint density at radius 2 is 2.00 bits per heavy atom. The van der Waals surface area contributed by atoms with Gasteiger partial charge in [-0.2, -0.15) is 23.4 Å². The van der Waals surface area contributed by atoms with E-state index in [0.717, 1.165) is 4.68 Å². The summed E-state index contributed by atoms with van der Waals surface area (Å²) in [5.41, 5.74) is -0.671. The van der Waals surface area contributed by atoms with Gasteiger partial charge in [0, 0.05) is 19.2 Å². The Morgan fingerprint density at radius 1 is 1.33 bits per heavy atom. The van der Waals surface area contributed by atoms with Crippen LogP contribution in [-0.4, -0.2) is 38.5 Å². The molecule has 27 heavy (non-hydrogen) atoms. The van der Waals surface area contributed by atoms with Crippen LogP contribution in [0.25, 0.3) is 0 Å². The first-order chi connectivity index (χ1) is 12.6. The van der Waals surface area contributed by atoms with Crippen LogP contribution in [0.5, 0.6) is 0 Å². The number of hydrogen-bond acceptors (Lipinski definition) is 5. The molecule has 1 amide bonds. The highest BCUT2D eigenvalue weighted by Gasteiger charge is 2.37. The van der Waals surface area contributed by atoms with E-state index in [1.54, 1.807) is 6.92 Å². The van der Waals surface area contributed by atoms with E-state index in [1.807, 2.05) is 0 Å². The molecule has 148 valence electrons. The first kappa shape index (κ1) is 20.9. The topological polar surface area (TPSA) is 91.0 Å². The van der Waals surface area contributed by atoms with E-state index in [-0.39, 0.29) is 34.5 Å². The van der Waals surface area contributed by atoms with Gasteiger partial charge in [0.15, 0.2) is 11.4 Å². The number of amides is 1. The second-order valence-electron chi connectivity index (χ2n) is 5.51. The minimum absolute atomic E-state index is 0.0509. The molecule has 2 aromatic rings. The second kappa shape index (κ2) is 8.11. The summed E-state index contributed by atoms with van der Waals surface area (Å²) in [6.45, 7) is 3.67. The van der Waals surface area contributed by atoms with Gasteiger partial charge in [0.2, 0.25) is 5.91 Å². The number of esters is 1. The van der Waals surface area contributed by atoms with Gasteiger partial charge < -0.3 is 10.1 Å².